The molecule has 0 amide bonds. The lowest BCUT2D eigenvalue weighted by Gasteiger charge is -2.19. The number of fused-ring (bicyclic) bond motifs is 1. The fraction of sp³-hybridized carbons (Fsp3) is 0.185. The van der Waals surface area contributed by atoms with Crippen LogP contribution >= 0.6 is 0 Å². The Morgan fingerprint density at radius 1 is 0.903 bits per heavy atom. The molecule has 0 saturated heterocycles. The number of rotatable bonds is 7. The number of nitrogens with zero attached hydrogens (tertiary/aromatic N) is 3. The van der Waals surface area contributed by atoms with Gasteiger partial charge >= 0.3 is 0 Å². The number of aryl methyl sites for hydroxylation is 1. The molecule has 0 unspecified atom stereocenters. The van der Waals surface area contributed by atoms with Crippen molar-refractivity contribution in [1.82, 2.24) is 9.47 Å². The molecule has 0 radical (unpaired) electrons. The van der Waals surface area contributed by atoms with E-state index in [1.54, 1.807) is 4.57 Å². The lowest BCUT2D eigenvalue weighted by Crippen LogP contribution is -2.27. The van der Waals surface area contributed by atoms with Gasteiger partial charge in [0.2, 0.25) is 0 Å². The predicted octanol–water partition coefficient (Wildman–Crippen LogP) is 5.06. The number of para-hydroxylation sites is 1. The monoisotopic (exact) mass is 407 g/mol. The zero-order chi connectivity index (χ0) is 21.6. The minimum atomic E-state index is -0.217. The van der Waals surface area contributed by atoms with Crippen molar-refractivity contribution in [1.29, 1.82) is 5.26 Å². The topological polar surface area (TPSA) is 49.0 Å². The van der Waals surface area contributed by atoms with Crippen molar-refractivity contribution in [2.75, 3.05) is 13.6 Å². The summed E-state index contributed by atoms with van der Waals surface area (Å²) in [5, 5.41) is 10.8. The minimum absolute atomic E-state index is 0.211. The van der Waals surface area contributed by atoms with Gasteiger partial charge in [-0.1, -0.05) is 78.9 Å². The molecule has 3 aromatic carbocycles. The van der Waals surface area contributed by atoms with Gasteiger partial charge in [-0.25, -0.2) is 0 Å². The highest BCUT2D eigenvalue weighted by atomic mass is 16.1. The van der Waals surface area contributed by atoms with Crippen molar-refractivity contribution >= 4 is 10.9 Å². The lowest BCUT2D eigenvalue weighted by atomic mass is 9.96. The molecule has 0 atom stereocenters. The van der Waals surface area contributed by atoms with Crippen LogP contribution in [0.1, 0.15) is 17.5 Å². The van der Waals surface area contributed by atoms with Gasteiger partial charge in [0, 0.05) is 24.0 Å². The SMILES string of the molecule is CN(CCCn1c(=O)c(C#N)c(-c2ccccc2)c2ccccc21)Cc1ccccc1. The lowest BCUT2D eigenvalue weighted by molar-refractivity contribution is 0.314. The Morgan fingerprint density at radius 3 is 2.26 bits per heavy atom. The van der Waals surface area contributed by atoms with Gasteiger partial charge in [0.25, 0.3) is 5.56 Å². The summed E-state index contributed by atoms with van der Waals surface area (Å²) in [4.78, 5) is 15.6. The Hall–Kier alpha value is -3.68. The zero-order valence-corrected chi connectivity index (χ0v) is 17.7. The number of aromatic nitrogens is 1. The van der Waals surface area contributed by atoms with E-state index in [0.29, 0.717) is 6.54 Å². The summed E-state index contributed by atoms with van der Waals surface area (Å²) in [5.41, 5.74) is 3.75. The quantitative estimate of drug-likeness (QED) is 0.430. The van der Waals surface area contributed by atoms with Crippen LogP contribution < -0.4 is 5.56 Å². The van der Waals surface area contributed by atoms with Crippen molar-refractivity contribution < 1.29 is 0 Å². The van der Waals surface area contributed by atoms with Gasteiger partial charge < -0.3 is 9.47 Å². The predicted molar refractivity (Wildman–Crippen MR) is 126 cm³/mol. The van der Waals surface area contributed by atoms with Gasteiger partial charge in [-0.15, -0.1) is 0 Å². The third-order valence-electron chi connectivity index (χ3n) is 5.56. The minimum Gasteiger partial charge on any atom is -0.307 e. The van der Waals surface area contributed by atoms with Crippen molar-refractivity contribution in [2.45, 2.75) is 19.5 Å². The Morgan fingerprint density at radius 2 is 1.55 bits per heavy atom. The third-order valence-corrected chi connectivity index (χ3v) is 5.56. The molecule has 154 valence electrons. The van der Waals surface area contributed by atoms with E-state index < -0.39 is 0 Å². The third kappa shape index (κ3) is 4.42. The summed E-state index contributed by atoms with van der Waals surface area (Å²) in [6.45, 7) is 2.30. The molecule has 0 saturated carbocycles. The zero-order valence-electron chi connectivity index (χ0n) is 17.7. The van der Waals surface area contributed by atoms with E-state index in [2.05, 4.69) is 30.1 Å². The molecule has 0 spiro atoms. The summed E-state index contributed by atoms with van der Waals surface area (Å²) < 4.78 is 1.76. The summed E-state index contributed by atoms with van der Waals surface area (Å²) >= 11 is 0. The Balaban J connectivity index is 1.64. The van der Waals surface area contributed by atoms with E-state index in [9.17, 15) is 10.1 Å². The summed E-state index contributed by atoms with van der Waals surface area (Å²) in [6, 6.07) is 30.1. The second-order valence-electron chi connectivity index (χ2n) is 7.78. The van der Waals surface area contributed by atoms with Crippen LogP contribution in [-0.4, -0.2) is 23.1 Å². The molecule has 0 bridgehead atoms. The Labute approximate surface area is 182 Å². The average Bonchev–Trinajstić information content (AvgIpc) is 2.81. The molecule has 0 fully saturated rings. The molecule has 31 heavy (non-hydrogen) atoms. The number of nitriles is 1. The molecule has 1 heterocycles. The van der Waals surface area contributed by atoms with E-state index in [1.165, 1.54) is 5.56 Å². The first-order valence-electron chi connectivity index (χ1n) is 10.5. The van der Waals surface area contributed by atoms with E-state index in [-0.39, 0.29) is 11.1 Å². The van der Waals surface area contributed by atoms with Crippen molar-refractivity contribution in [3.63, 3.8) is 0 Å². The molecule has 0 aliphatic rings. The molecule has 4 rings (SSSR count). The first-order chi connectivity index (χ1) is 15.2. The van der Waals surface area contributed by atoms with Crippen LogP contribution in [0.4, 0.5) is 0 Å². The first-order valence-corrected chi connectivity index (χ1v) is 10.5. The van der Waals surface area contributed by atoms with E-state index in [1.807, 2.05) is 72.8 Å². The van der Waals surface area contributed by atoms with Crippen LogP contribution in [0.15, 0.2) is 89.7 Å². The second kappa shape index (κ2) is 9.42. The highest BCUT2D eigenvalue weighted by molar-refractivity contribution is 5.97. The highest BCUT2D eigenvalue weighted by Gasteiger charge is 2.17. The Bertz CT molecular complexity index is 1270. The van der Waals surface area contributed by atoms with Crippen molar-refractivity contribution in [2.24, 2.45) is 0 Å². The molecule has 0 aliphatic heterocycles. The van der Waals surface area contributed by atoms with Gasteiger partial charge in [0.1, 0.15) is 11.6 Å². The van der Waals surface area contributed by atoms with Crippen LogP contribution in [0.3, 0.4) is 0 Å². The van der Waals surface area contributed by atoms with Crippen LogP contribution in [0.25, 0.3) is 22.0 Å². The maximum atomic E-state index is 13.3. The van der Waals surface area contributed by atoms with E-state index in [0.717, 1.165) is 41.5 Å². The number of benzene rings is 3. The van der Waals surface area contributed by atoms with Crippen LogP contribution in [-0.2, 0) is 13.1 Å². The largest absolute Gasteiger partial charge is 0.307 e. The van der Waals surface area contributed by atoms with Gasteiger partial charge in [0.05, 0.1) is 5.52 Å². The second-order valence-corrected chi connectivity index (χ2v) is 7.78. The van der Waals surface area contributed by atoms with Gasteiger partial charge in [-0.05, 0) is 37.2 Å². The molecule has 4 nitrogen and oxygen atoms in total. The average molecular weight is 408 g/mol. The first kappa shape index (κ1) is 20.6. The molecular formula is C27H25N3O. The molecule has 4 heteroatoms. The summed E-state index contributed by atoms with van der Waals surface area (Å²) in [7, 11) is 2.09. The molecule has 0 aliphatic carbocycles. The van der Waals surface area contributed by atoms with Gasteiger partial charge in [-0.2, -0.15) is 5.26 Å². The fourth-order valence-corrected chi connectivity index (χ4v) is 4.11. The maximum absolute atomic E-state index is 13.3. The highest BCUT2D eigenvalue weighted by Crippen LogP contribution is 2.30. The van der Waals surface area contributed by atoms with Gasteiger partial charge in [0.15, 0.2) is 0 Å². The normalized spacial score (nSPS) is 11.0. The number of pyridine rings is 1. The van der Waals surface area contributed by atoms with Crippen LogP contribution in [0.5, 0.6) is 0 Å². The molecular weight excluding hydrogens is 382 g/mol. The summed E-state index contributed by atoms with van der Waals surface area (Å²) in [6.07, 6.45) is 0.822. The van der Waals surface area contributed by atoms with Crippen LogP contribution in [0.2, 0.25) is 0 Å². The number of hydrogen-bond donors (Lipinski definition) is 0. The fourth-order valence-electron chi connectivity index (χ4n) is 4.11. The Kier molecular flexibility index (Phi) is 6.26. The smallest absolute Gasteiger partial charge is 0.269 e. The summed E-state index contributed by atoms with van der Waals surface area (Å²) in [5.74, 6) is 0. The van der Waals surface area contributed by atoms with Crippen molar-refractivity contribution in [3.8, 4) is 17.2 Å². The molecule has 1 aromatic heterocycles. The van der Waals surface area contributed by atoms with Gasteiger partial charge in [-0.3, -0.25) is 4.79 Å². The molecule has 0 N–H and O–H groups in total. The van der Waals surface area contributed by atoms with E-state index >= 15 is 0 Å². The molecule has 4 aromatic rings. The number of hydrogen-bond acceptors (Lipinski definition) is 3. The van der Waals surface area contributed by atoms with E-state index in [4.69, 9.17) is 0 Å². The van der Waals surface area contributed by atoms with Crippen LogP contribution in [0, 0.1) is 11.3 Å². The van der Waals surface area contributed by atoms with Crippen molar-refractivity contribution in [3.05, 3.63) is 106 Å². The standard InChI is InChI=1S/C27H25N3O/c1-29(20-21-11-4-2-5-12-21)17-10-18-30-25-16-9-8-15-23(25)26(24(19-28)27(30)31)22-13-6-3-7-14-22/h2-9,11-16H,10,17-18,20H2,1H3. The maximum Gasteiger partial charge on any atom is 0.269 e.